The smallest absolute Gasteiger partial charge is 0.257 e. The first-order valence-electron chi connectivity index (χ1n) is 8.95. The Balaban J connectivity index is 1.52. The van der Waals surface area contributed by atoms with Crippen LogP contribution in [0.2, 0.25) is 5.02 Å². The fraction of sp³-hybridized carbons (Fsp3) is 0.0455. The fourth-order valence-corrected chi connectivity index (χ4v) is 3.40. The molecule has 4 rings (SSSR count). The van der Waals surface area contributed by atoms with Gasteiger partial charge in [-0.3, -0.25) is 10.1 Å². The van der Waals surface area contributed by atoms with Crippen molar-refractivity contribution in [1.82, 2.24) is 10.3 Å². The Morgan fingerprint density at radius 2 is 1.93 bits per heavy atom. The lowest BCUT2D eigenvalue weighted by atomic mass is 10.1. The predicted octanol–water partition coefficient (Wildman–Crippen LogP) is 5.72. The molecular weight excluding hydrogens is 425 g/mol. The van der Waals surface area contributed by atoms with Crippen molar-refractivity contribution in [3.63, 3.8) is 0 Å². The third-order valence-corrected chi connectivity index (χ3v) is 4.94. The molecule has 0 atom stereocenters. The number of aromatic nitrogens is 1. The van der Waals surface area contributed by atoms with E-state index in [0.29, 0.717) is 27.9 Å². The maximum atomic E-state index is 13.3. The number of carbonyl (C=O) groups is 1. The second-order valence-electron chi connectivity index (χ2n) is 6.55. The molecule has 0 saturated carbocycles. The predicted molar refractivity (Wildman–Crippen MR) is 119 cm³/mol. The van der Waals surface area contributed by atoms with E-state index in [0.717, 1.165) is 5.56 Å². The molecule has 1 aromatic heterocycles. The van der Waals surface area contributed by atoms with Gasteiger partial charge in [0.2, 0.25) is 5.89 Å². The van der Waals surface area contributed by atoms with Crippen LogP contribution >= 0.6 is 23.8 Å². The van der Waals surface area contributed by atoms with Gasteiger partial charge in [-0.05, 0) is 67.2 Å². The molecule has 0 radical (unpaired) electrons. The molecule has 4 aromatic rings. The van der Waals surface area contributed by atoms with Crippen molar-refractivity contribution in [1.29, 1.82) is 0 Å². The lowest BCUT2D eigenvalue weighted by molar-refractivity contribution is 0.0977. The Labute approximate surface area is 181 Å². The van der Waals surface area contributed by atoms with Gasteiger partial charge in [-0.15, -0.1) is 0 Å². The number of thiocarbonyl (C=S) groups is 1. The summed E-state index contributed by atoms with van der Waals surface area (Å²) >= 11 is 11.3. The van der Waals surface area contributed by atoms with E-state index in [2.05, 4.69) is 15.6 Å². The van der Waals surface area contributed by atoms with Crippen molar-refractivity contribution in [2.45, 2.75) is 6.92 Å². The molecular formula is C22H15ClFN3O2S. The lowest BCUT2D eigenvalue weighted by Crippen LogP contribution is -2.34. The molecule has 0 bridgehead atoms. The highest BCUT2D eigenvalue weighted by molar-refractivity contribution is 7.80. The summed E-state index contributed by atoms with van der Waals surface area (Å²) in [7, 11) is 0. The zero-order valence-corrected chi connectivity index (χ0v) is 17.3. The Kier molecular flexibility index (Phi) is 5.48. The molecule has 8 heteroatoms. The summed E-state index contributed by atoms with van der Waals surface area (Å²) in [6.07, 6.45) is 0. The van der Waals surface area contributed by atoms with E-state index in [4.69, 9.17) is 28.2 Å². The fourth-order valence-electron chi connectivity index (χ4n) is 2.94. The second kappa shape index (κ2) is 8.22. The SMILES string of the molecule is Cc1ccccc1C(=O)NC(=S)Nc1ccc2oc(-c3ccc(F)cc3Cl)nc2c1. The van der Waals surface area contributed by atoms with Gasteiger partial charge >= 0.3 is 0 Å². The van der Waals surface area contributed by atoms with E-state index in [9.17, 15) is 9.18 Å². The molecule has 0 unspecified atom stereocenters. The average molecular weight is 440 g/mol. The van der Waals surface area contributed by atoms with Gasteiger partial charge in [-0.25, -0.2) is 9.37 Å². The molecule has 3 aromatic carbocycles. The van der Waals surface area contributed by atoms with Crippen LogP contribution in [0.4, 0.5) is 10.1 Å². The molecule has 30 heavy (non-hydrogen) atoms. The molecule has 1 amide bonds. The van der Waals surface area contributed by atoms with Crippen LogP contribution in [-0.2, 0) is 0 Å². The Morgan fingerprint density at radius 3 is 2.70 bits per heavy atom. The molecule has 0 saturated heterocycles. The third-order valence-electron chi connectivity index (χ3n) is 4.42. The summed E-state index contributed by atoms with van der Waals surface area (Å²) in [5.41, 5.74) is 3.62. The lowest BCUT2D eigenvalue weighted by Gasteiger charge is -2.10. The van der Waals surface area contributed by atoms with E-state index in [1.807, 2.05) is 19.1 Å². The summed E-state index contributed by atoms with van der Waals surface area (Å²) in [6.45, 7) is 1.86. The molecule has 0 aliphatic carbocycles. The molecule has 0 aliphatic heterocycles. The molecule has 150 valence electrons. The van der Waals surface area contributed by atoms with E-state index in [-0.39, 0.29) is 21.9 Å². The minimum atomic E-state index is -0.437. The number of rotatable bonds is 3. The minimum Gasteiger partial charge on any atom is -0.436 e. The highest BCUT2D eigenvalue weighted by Gasteiger charge is 2.14. The summed E-state index contributed by atoms with van der Waals surface area (Å²) in [5, 5.41) is 5.99. The number of fused-ring (bicyclic) bond motifs is 1. The minimum absolute atomic E-state index is 0.160. The number of nitrogens with one attached hydrogen (secondary N) is 2. The van der Waals surface area contributed by atoms with E-state index >= 15 is 0 Å². The molecule has 0 fully saturated rings. The summed E-state index contributed by atoms with van der Waals surface area (Å²) < 4.78 is 19.0. The topological polar surface area (TPSA) is 67.2 Å². The van der Waals surface area contributed by atoms with E-state index < -0.39 is 5.82 Å². The van der Waals surface area contributed by atoms with Crippen molar-refractivity contribution in [2.24, 2.45) is 0 Å². The molecule has 0 aliphatic rings. The molecule has 1 heterocycles. The van der Waals surface area contributed by atoms with E-state index in [1.54, 1.807) is 30.3 Å². The van der Waals surface area contributed by atoms with Gasteiger partial charge in [0.05, 0.1) is 10.6 Å². The number of benzene rings is 3. The number of hydrogen-bond acceptors (Lipinski definition) is 4. The zero-order valence-electron chi connectivity index (χ0n) is 15.7. The average Bonchev–Trinajstić information content (AvgIpc) is 3.11. The van der Waals surface area contributed by atoms with Gasteiger partial charge in [0.15, 0.2) is 10.7 Å². The third kappa shape index (κ3) is 4.17. The maximum absolute atomic E-state index is 13.3. The van der Waals surface area contributed by atoms with Crippen LogP contribution in [0, 0.1) is 12.7 Å². The monoisotopic (exact) mass is 439 g/mol. The van der Waals surface area contributed by atoms with Crippen LogP contribution in [0.15, 0.2) is 65.1 Å². The number of amides is 1. The number of hydrogen-bond donors (Lipinski definition) is 2. The van der Waals surface area contributed by atoms with Crippen molar-refractivity contribution in [3.05, 3.63) is 82.6 Å². The van der Waals surface area contributed by atoms with Gasteiger partial charge in [-0.2, -0.15) is 0 Å². The van der Waals surface area contributed by atoms with Crippen LogP contribution in [0.25, 0.3) is 22.6 Å². The highest BCUT2D eigenvalue weighted by atomic mass is 35.5. The highest BCUT2D eigenvalue weighted by Crippen LogP contribution is 2.31. The number of halogens is 2. The second-order valence-corrected chi connectivity index (χ2v) is 7.36. The molecule has 5 nitrogen and oxygen atoms in total. The normalized spacial score (nSPS) is 10.8. The van der Waals surface area contributed by atoms with Crippen LogP contribution in [0.1, 0.15) is 15.9 Å². The van der Waals surface area contributed by atoms with E-state index in [1.165, 1.54) is 18.2 Å². The van der Waals surface area contributed by atoms with Crippen molar-refractivity contribution < 1.29 is 13.6 Å². The number of nitrogens with zero attached hydrogens (tertiary/aromatic N) is 1. The van der Waals surface area contributed by atoms with Crippen LogP contribution in [0.3, 0.4) is 0 Å². The van der Waals surface area contributed by atoms with Crippen LogP contribution in [0.5, 0.6) is 0 Å². The van der Waals surface area contributed by atoms with Gasteiger partial charge in [-0.1, -0.05) is 29.8 Å². The molecule has 2 N–H and O–H groups in total. The number of carbonyl (C=O) groups excluding carboxylic acids is 1. The van der Waals surface area contributed by atoms with Crippen LogP contribution < -0.4 is 10.6 Å². The Hall–Kier alpha value is -3.29. The van der Waals surface area contributed by atoms with Gasteiger partial charge < -0.3 is 9.73 Å². The number of anilines is 1. The number of oxazole rings is 1. The van der Waals surface area contributed by atoms with Crippen molar-refractivity contribution in [3.8, 4) is 11.5 Å². The zero-order chi connectivity index (χ0) is 21.3. The van der Waals surface area contributed by atoms with Gasteiger partial charge in [0.1, 0.15) is 11.3 Å². The quantitative estimate of drug-likeness (QED) is 0.399. The van der Waals surface area contributed by atoms with Crippen molar-refractivity contribution in [2.75, 3.05) is 5.32 Å². The summed E-state index contributed by atoms with van der Waals surface area (Å²) in [4.78, 5) is 16.8. The Morgan fingerprint density at radius 1 is 1.13 bits per heavy atom. The van der Waals surface area contributed by atoms with Gasteiger partial charge in [0, 0.05) is 11.3 Å². The molecule has 0 spiro atoms. The standard InChI is InChI=1S/C22H15ClFN3O2S/c1-12-4-2-3-5-15(12)20(28)27-22(30)25-14-7-9-19-18(11-14)26-21(29-19)16-8-6-13(24)10-17(16)23/h2-11H,1H3,(H2,25,27,28,30). The Bertz CT molecular complexity index is 1290. The summed E-state index contributed by atoms with van der Waals surface area (Å²) in [5.74, 6) is -0.448. The largest absolute Gasteiger partial charge is 0.436 e. The maximum Gasteiger partial charge on any atom is 0.257 e. The van der Waals surface area contributed by atoms with Gasteiger partial charge in [0.25, 0.3) is 5.91 Å². The first kappa shape index (κ1) is 20.0. The summed E-state index contributed by atoms with van der Waals surface area (Å²) in [6, 6.07) is 16.4. The van der Waals surface area contributed by atoms with Crippen LogP contribution in [-0.4, -0.2) is 16.0 Å². The first-order valence-corrected chi connectivity index (χ1v) is 9.73. The van der Waals surface area contributed by atoms with Crippen molar-refractivity contribution >= 4 is 51.6 Å². The number of aryl methyl sites for hydroxylation is 1. The first-order chi connectivity index (χ1) is 14.4.